The number of nitrogens with two attached hydrogens (primary N) is 1. The van der Waals surface area contributed by atoms with Gasteiger partial charge >= 0.3 is 0 Å². The quantitative estimate of drug-likeness (QED) is 0.911. The smallest absolute Gasteiger partial charge is 0.0938 e. The second-order valence-corrected chi connectivity index (χ2v) is 6.43. The third kappa shape index (κ3) is 2.98. The largest absolute Gasteiger partial charge is 0.330 e. The fourth-order valence-electron chi connectivity index (χ4n) is 1.86. The van der Waals surface area contributed by atoms with E-state index in [0.717, 1.165) is 12.1 Å². The summed E-state index contributed by atoms with van der Waals surface area (Å²) in [5.74, 6) is 0. The van der Waals surface area contributed by atoms with E-state index in [-0.39, 0.29) is 5.41 Å². The average molecular weight is 260 g/mol. The average Bonchev–Trinajstić information content (AvgIpc) is 2.77. The van der Waals surface area contributed by atoms with Crippen molar-refractivity contribution in [2.75, 3.05) is 6.54 Å². The molecule has 0 aliphatic carbocycles. The van der Waals surface area contributed by atoms with Crippen LogP contribution in [0.25, 0.3) is 11.3 Å². The Labute approximate surface area is 113 Å². The summed E-state index contributed by atoms with van der Waals surface area (Å²) in [6.07, 6.45) is 0.944. The SMILES string of the molecule is Cc1ccccc1-c1csc(CC(C)(C)CN)n1. The molecule has 2 nitrogen and oxygen atoms in total. The predicted molar refractivity (Wildman–Crippen MR) is 78.8 cm³/mol. The highest BCUT2D eigenvalue weighted by Gasteiger charge is 2.18. The molecule has 0 bridgehead atoms. The van der Waals surface area contributed by atoms with Gasteiger partial charge in [0, 0.05) is 17.4 Å². The maximum absolute atomic E-state index is 5.77. The Morgan fingerprint density at radius 1 is 1.28 bits per heavy atom. The van der Waals surface area contributed by atoms with Crippen LogP contribution in [-0.2, 0) is 6.42 Å². The van der Waals surface area contributed by atoms with Crippen LogP contribution < -0.4 is 5.73 Å². The summed E-state index contributed by atoms with van der Waals surface area (Å²) >= 11 is 1.73. The molecule has 18 heavy (non-hydrogen) atoms. The van der Waals surface area contributed by atoms with E-state index in [4.69, 9.17) is 10.7 Å². The highest BCUT2D eigenvalue weighted by atomic mass is 32.1. The van der Waals surface area contributed by atoms with Crippen LogP contribution in [0.5, 0.6) is 0 Å². The molecule has 0 atom stereocenters. The molecule has 0 amide bonds. The molecule has 1 heterocycles. The summed E-state index contributed by atoms with van der Waals surface area (Å²) in [6, 6.07) is 8.37. The molecule has 0 spiro atoms. The molecule has 2 rings (SSSR count). The van der Waals surface area contributed by atoms with Gasteiger partial charge in [0.1, 0.15) is 0 Å². The van der Waals surface area contributed by atoms with Crippen molar-refractivity contribution in [2.45, 2.75) is 27.2 Å². The van der Waals surface area contributed by atoms with E-state index in [9.17, 15) is 0 Å². The van der Waals surface area contributed by atoms with Crippen molar-refractivity contribution in [3.63, 3.8) is 0 Å². The van der Waals surface area contributed by atoms with Gasteiger partial charge in [0.15, 0.2) is 0 Å². The van der Waals surface area contributed by atoms with E-state index in [1.54, 1.807) is 11.3 Å². The van der Waals surface area contributed by atoms with Gasteiger partial charge in [-0.25, -0.2) is 4.98 Å². The maximum Gasteiger partial charge on any atom is 0.0938 e. The molecule has 2 N–H and O–H groups in total. The molecule has 0 radical (unpaired) electrons. The van der Waals surface area contributed by atoms with Crippen molar-refractivity contribution in [1.82, 2.24) is 4.98 Å². The lowest BCUT2D eigenvalue weighted by Gasteiger charge is -2.20. The first-order valence-electron chi connectivity index (χ1n) is 6.22. The lowest BCUT2D eigenvalue weighted by Crippen LogP contribution is -2.25. The number of hydrogen-bond donors (Lipinski definition) is 1. The number of hydrogen-bond acceptors (Lipinski definition) is 3. The first kappa shape index (κ1) is 13.2. The van der Waals surface area contributed by atoms with E-state index < -0.39 is 0 Å². The van der Waals surface area contributed by atoms with Gasteiger partial charge in [0.2, 0.25) is 0 Å². The molecule has 0 aliphatic rings. The van der Waals surface area contributed by atoms with Crippen LogP contribution in [0.1, 0.15) is 24.4 Å². The summed E-state index contributed by atoms with van der Waals surface area (Å²) in [5.41, 5.74) is 9.48. The molecule has 96 valence electrons. The summed E-state index contributed by atoms with van der Waals surface area (Å²) in [7, 11) is 0. The van der Waals surface area contributed by atoms with Crippen LogP contribution in [-0.4, -0.2) is 11.5 Å². The van der Waals surface area contributed by atoms with Crippen LogP contribution >= 0.6 is 11.3 Å². The third-order valence-electron chi connectivity index (χ3n) is 3.16. The number of nitrogens with zero attached hydrogens (tertiary/aromatic N) is 1. The Morgan fingerprint density at radius 2 is 2.00 bits per heavy atom. The van der Waals surface area contributed by atoms with E-state index in [2.05, 4.69) is 50.4 Å². The van der Waals surface area contributed by atoms with Crippen LogP contribution in [0.3, 0.4) is 0 Å². The lowest BCUT2D eigenvalue weighted by molar-refractivity contribution is 0.376. The lowest BCUT2D eigenvalue weighted by atomic mass is 9.90. The minimum absolute atomic E-state index is 0.126. The van der Waals surface area contributed by atoms with Crippen molar-refractivity contribution in [3.05, 3.63) is 40.2 Å². The standard InChI is InChI=1S/C15H20N2S/c1-11-6-4-5-7-12(11)13-9-18-14(17-13)8-15(2,3)10-16/h4-7,9H,8,10,16H2,1-3H3. The third-order valence-corrected chi connectivity index (χ3v) is 4.00. The second kappa shape index (κ2) is 5.21. The molecule has 1 aromatic heterocycles. The molecule has 0 saturated heterocycles. The van der Waals surface area contributed by atoms with E-state index in [1.165, 1.54) is 16.1 Å². The van der Waals surface area contributed by atoms with Gasteiger partial charge in [-0.15, -0.1) is 11.3 Å². The van der Waals surface area contributed by atoms with Crippen molar-refractivity contribution in [3.8, 4) is 11.3 Å². The van der Waals surface area contributed by atoms with Crippen LogP contribution in [0.15, 0.2) is 29.6 Å². The maximum atomic E-state index is 5.77. The zero-order chi connectivity index (χ0) is 13.2. The Hall–Kier alpha value is -1.19. The van der Waals surface area contributed by atoms with Gasteiger partial charge < -0.3 is 5.73 Å². The predicted octanol–water partition coefficient (Wildman–Crippen LogP) is 3.65. The Morgan fingerprint density at radius 3 is 2.67 bits per heavy atom. The fraction of sp³-hybridized carbons (Fsp3) is 0.400. The van der Waals surface area contributed by atoms with Gasteiger partial charge in [0.05, 0.1) is 10.7 Å². The zero-order valence-electron chi connectivity index (χ0n) is 11.2. The van der Waals surface area contributed by atoms with Gasteiger partial charge in [-0.1, -0.05) is 38.1 Å². The van der Waals surface area contributed by atoms with Gasteiger partial charge in [-0.05, 0) is 24.4 Å². The van der Waals surface area contributed by atoms with Gasteiger partial charge in [-0.3, -0.25) is 0 Å². The zero-order valence-corrected chi connectivity index (χ0v) is 12.1. The van der Waals surface area contributed by atoms with E-state index >= 15 is 0 Å². The second-order valence-electron chi connectivity index (χ2n) is 5.49. The van der Waals surface area contributed by atoms with Crippen molar-refractivity contribution in [1.29, 1.82) is 0 Å². The van der Waals surface area contributed by atoms with Crippen molar-refractivity contribution >= 4 is 11.3 Å². The monoisotopic (exact) mass is 260 g/mol. The number of rotatable bonds is 4. The van der Waals surface area contributed by atoms with Crippen LogP contribution in [0.4, 0.5) is 0 Å². The Kier molecular flexibility index (Phi) is 3.83. The molecule has 1 aromatic carbocycles. The van der Waals surface area contributed by atoms with Crippen molar-refractivity contribution < 1.29 is 0 Å². The number of thiazole rings is 1. The normalized spacial score (nSPS) is 11.8. The molecule has 0 aliphatic heterocycles. The van der Waals surface area contributed by atoms with Gasteiger partial charge in [-0.2, -0.15) is 0 Å². The topological polar surface area (TPSA) is 38.9 Å². The highest BCUT2D eigenvalue weighted by molar-refractivity contribution is 7.09. The molecule has 0 saturated carbocycles. The molecule has 0 fully saturated rings. The molecule has 2 aromatic rings. The Balaban J connectivity index is 2.24. The van der Waals surface area contributed by atoms with Crippen LogP contribution in [0.2, 0.25) is 0 Å². The van der Waals surface area contributed by atoms with E-state index in [1.807, 2.05) is 0 Å². The minimum atomic E-state index is 0.126. The first-order valence-corrected chi connectivity index (χ1v) is 7.10. The summed E-state index contributed by atoms with van der Waals surface area (Å²) in [6.45, 7) is 7.17. The highest BCUT2D eigenvalue weighted by Crippen LogP contribution is 2.28. The first-order chi connectivity index (χ1) is 8.52. The Bertz CT molecular complexity index is 529. The number of aryl methyl sites for hydroxylation is 1. The summed E-state index contributed by atoms with van der Waals surface area (Å²) in [4.78, 5) is 4.74. The van der Waals surface area contributed by atoms with Crippen molar-refractivity contribution in [2.24, 2.45) is 11.1 Å². The minimum Gasteiger partial charge on any atom is -0.330 e. The summed E-state index contributed by atoms with van der Waals surface area (Å²) < 4.78 is 0. The number of benzene rings is 1. The fourth-order valence-corrected chi connectivity index (χ4v) is 2.91. The molecule has 0 unspecified atom stereocenters. The van der Waals surface area contributed by atoms with Crippen LogP contribution in [0, 0.1) is 12.3 Å². The summed E-state index contributed by atoms with van der Waals surface area (Å²) in [5, 5.41) is 3.31. The molecular weight excluding hydrogens is 240 g/mol. The number of aromatic nitrogens is 1. The van der Waals surface area contributed by atoms with E-state index in [0.29, 0.717) is 6.54 Å². The molecule has 3 heteroatoms. The molecular formula is C15H20N2S. The van der Waals surface area contributed by atoms with Gasteiger partial charge in [0.25, 0.3) is 0 Å².